The van der Waals surface area contributed by atoms with E-state index in [9.17, 15) is 14.4 Å². The Labute approximate surface area is 133 Å². The molecule has 7 heteroatoms. The Balaban J connectivity index is 1.81. The van der Waals surface area contributed by atoms with Crippen molar-refractivity contribution in [2.75, 3.05) is 27.2 Å². The van der Waals surface area contributed by atoms with Crippen LogP contribution in [0.1, 0.15) is 33.6 Å². The molecule has 1 heterocycles. The van der Waals surface area contributed by atoms with E-state index in [1.807, 2.05) is 5.38 Å². The number of carbonyl (C=O) groups is 3. The third-order valence-electron chi connectivity index (χ3n) is 3.55. The first-order valence-electron chi connectivity index (χ1n) is 7.22. The van der Waals surface area contributed by atoms with E-state index in [0.717, 1.165) is 31.2 Å². The number of rotatable bonds is 5. The number of nitrogens with one attached hydrogen (secondary N) is 1. The predicted molar refractivity (Wildman–Crippen MR) is 82.9 cm³/mol. The second-order valence-electron chi connectivity index (χ2n) is 5.40. The van der Waals surface area contributed by atoms with Crippen LogP contribution in [0.25, 0.3) is 0 Å². The Morgan fingerprint density at radius 1 is 1.27 bits per heavy atom. The standard InChI is InChI=1S/C15H20N2O4S/c1-17(2)14(19)7-16-13(18)8-21-15(20)11-9-22-12-6-4-3-5-10(11)12/h9H,3-8H2,1-2H3,(H,16,18). The van der Waals surface area contributed by atoms with E-state index in [0.29, 0.717) is 5.56 Å². The van der Waals surface area contributed by atoms with E-state index < -0.39 is 11.9 Å². The van der Waals surface area contributed by atoms with Crippen LogP contribution in [-0.4, -0.2) is 49.9 Å². The van der Waals surface area contributed by atoms with Gasteiger partial charge in [-0.1, -0.05) is 0 Å². The number of carbonyl (C=O) groups excluding carboxylic acids is 3. The maximum atomic E-state index is 12.1. The van der Waals surface area contributed by atoms with Gasteiger partial charge in [0.15, 0.2) is 6.61 Å². The number of likely N-dealkylation sites (N-methyl/N-ethyl adjacent to an activating group) is 1. The van der Waals surface area contributed by atoms with Crippen LogP contribution in [0.4, 0.5) is 0 Å². The Hall–Kier alpha value is -1.89. The number of ether oxygens (including phenoxy) is 1. The molecule has 0 aromatic carbocycles. The SMILES string of the molecule is CN(C)C(=O)CNC(=O)COC(=O)c1csc2c1CCCC2. The van der Waals surface area contributed by atoms with Crippen LogP contribution in [0.2, 0.25) is 0 Å². The predicted octanol–water partition coefficient (Wildman–Crippen LogP) is 0.988. The quantitative estimate of drug-likeness (QED) is 0.820. The molecule has 1 aromatic heterocycles. The van der Waals surface area contributed by atoms with E-state index in [4.69, 9.17) is 4.74 Å². The lowest BCUT2D eigenvalue weighted by molar-refractivity contribution is -0.131. The Morgan fingerprint density at radius 3 is 2.73 bits per heavy atom. The average molecular weight is 324 g/mol. The van der Waals surface area contributed by atoms with Gasteiger partial charge in [0.2, 0.25) is 5.91 Å². The summed E-state index contributed by atoms with van der Waals surface area (Å²) < 4.78 is 5.04. The zero-order chi connectivity index (χ0) is 16.1. The molecule has 0 atom stereocenters. The Morgan fingerprint density at radius 2 is 2.00 bits per heavy atom. The minimum atomic E-state index is -0.479. The van der Waals surface area contributed by atoms with Crippen molar-refractivity contribution in [1.82, 2.24) is 10.2 Å². The van der Waals surface area contributed by atoms with Crippen molar-refractivity contribution >= 4 is 29.1 Å². The molecule has 1 N–H and O–H groups in total. The highest BCUT2D eigenvalue weighted by atomic mass is 32.1. The van der Waals surface area contributed by atoms with Gasteiger partial charge >= 0.3 is 5.97 Å². The molecule has 0 aliphatic heterocycles. The van der Waals surface area contributed by atoms with Crippen LogP contribution in [-0.2, 0) is 27.2 Å². The van der Waals surface area contributed by atoms with E-state index in [2.05, 4.69) is 5.32 Å². The fraction of sp³-hybridized carbons (Fsp3) is 0.533. The minimum Gasteiger partial charge on any atom is -0.452 e. The number of thiophene rings is 1. The van der Waals surface area contributed by atoms with Crippen molar-refractivity contribution in [3.8, 4) is 0 Å². The summed E-state index contributed by atoms with van der Waals surface area (Å²) >= 11 is 1.58. The van der Waals surface area contributed by atoms with Crippen LogP contribution in [0.15, 0.2) is 5.38 Å². The third-order valence-corrected chi connectivity index (χ3v) is 4.64. The fourth-order valence-corrected chi connectivity index (χ4v) is 3.37. The van der Waals surface area contributed by atoms with Crippen molar-refractivity contribution in [2.45, 2.75) is 25.7 Å². The number of esters is 1. The number of fused-ring (bicyclic) bond motifs is 1. The van der Waals surface area contributed by atoms with E-state index in [-0.39, 0.29) is 19.1 Å². The van der Waals surface area contributed by atoms with Gasteiger partial charge in [-0.3, -0.25) is 9.59 Å². The summed E-state index contributed by atoms with van der Waals surface area (Å²) in [6, 6.07) is 0. The number of hydrogen-bond acceptors (Lipinski definition) is 5. The Kier molecular flexibility index (Phi) is 5.54. The van der Waals surface area contributed by atoms with Gasteiger partial charge in [0.05, 0.1) is 12.1 Å². The van der Waals surface area contributed by atoms with Crippen LogP contribution in [0, 0.1) is 0 Å². The first-order chi connectivity index (χ1) is 10.5. The molecule has 0 saturated carbocycles. The summed E-state index contributed by atoms with van der Waals surface area (Å²) in [6.45, 7) is -0.471. The van der Waals surface area contributed by atoms with E-state index in [1.165, 1.54) is 9.78 Å². The third kappa shape index (κ3) is 4.07. The number of amides is 2. The molecule has 0 bridgehead atoms. The second-order valence-corrected chi connectivity index (χ2v) is 6.36. The highest BCUT2D eigenvalue weighted by Crippen LogP contribution is 2.30. The van der Waals surface area contributed by atoms with Crippen molar-refractivity contribution in [3.63, 3.8) is 0 Å². The molecular formula is C15H20N2O4S. The van der Waals surface area contributed by atoms with Gasteiger partial charge in [0, 0.05) is 24.4 Å². The summed E-state index contributed by atoms with van der Waals surface area (Å²) in [5.74, 6) is -1.16. The molecule has 2 rings (SSSR count). The highest BCUT2D eigenvalue weighted by molar-refractivity contribution is 7.10. The molecule has 1 aromatic rings. The molecule has 1 aliphatic carbocycles. The summed E-state index contributed by atoms with van der Waals surface area (Å²) in [6.07, 6.45) is 4.15. The monoisotopic (exact) mass is 324 g/mol. The average Bonchev–Trinajstić information content (AvgIpc) is 2.94. The molecule has 22 heavy (non-hydrogen) atoms. The van der Waals surface area contributed by atoms with Gasteiger partial charge in [0.25, 0.3) is 5.91 Å². The molecule has 0 fully saturated rings. The zero-order valence-electron chi connectivity index (χ0n) is 12.8. The van der Waals surface area contributed by atoms with Crippen LogP contribution >= 0.6 is 11.3 Å². The topological polar surface area (TPSA) is 75.7 Å². The first kappa shape index (κ1) is 16.5. The summed E-state index contributed by atoms with van der Waals surface area (Å²) in [4.78, 5) is 37.6. The fourth-order valence-electron chi connectivity index (χ4n) is 2.26. The normalized spacial score (nSPS) is 13.2. The van der Waals surface area contributed by atoms with Crippen LogP contribution < -0.4 is 5.32 Å². The first-order valence-corrected chi connectivity index (χ1v) is 8.10. The Bertz CT molecular complexity index is 580. The lowest BCUT2D eigenvalue weighted by Crippen LogP contribution is -2.38. The zero-order valence-corrected chi connectivity index (χ0v) is 13.6. The van der Waals surface area contributed by atoms with Crippen molar-refractivity contribution < 1.29 is 19.1 Å². The second kappa shape index (κ2) is 7.40. The molecule has 0 spiro atoms. The van der Waals surface area contributed by atoms with Gasteiger partial charge in [-0.2, -0.15) is 0 Å². The van der Waals surface area contributed by atoms with Crippen molar-refractivity contribution in [2.24, 2.45) is 0 Å². The van der Waals surface area contributed by atoms with Gasteiger partial charge < -0.3 is 15.0 Å². The summed E-state index contributed by atoms with van der Waals surface area (Å²) in [7, 11) is 3.21. The maximum absolute atomic E-state index is 12.1. The van der Waals surface area contributed by atoms with Crippen molar-refractivity contribution in [1.29, 1.82) is 0 Å². The van der Waals surface area contributed by atoms with Gasteiger partial charge in [-0.15, -0.1) is 11.3 Å². The largest absolute Gasteiger partial charge is 0.452 e. The van der Waals surface area contributed by atoms with Crippen LogP contribution in [0.5, 0.6) is 0 Å². The molecule has 6 nitrogen and oxygen atoms in total. The maximum Gasteiger partial charge on any atom is 0.339 e. The summed E-state index contributed by atoms with van der Waals surface area (Å²) in [5, 5.41) is 4.23. The molecular weight excluding hydrogens is 304 g/mol. The van der Waals surface area contributed by atoms with E-state index >= 15 is 0 Å². The molecule has 0 saturated heterocycles. The lowest BCUT2D eigenvalue weighted by Gasteiger charge is -2.13. The minimum absolute atomic E-state index is 0.1000. The van der Waals surface area contributed by atoms with Gasteiger partial charge in [-0.05, 0) is 31.2 Å². The summed E-state index contributed by atoms with van der Waals surface area (Å²) in [5.41, 5.74) is 1.65. The van der Waals surface area contributed by atoms with Gasteiger partial charge in [-0.25, -0.2) is 4.79 Å². The number of hydrogen-bond donors (Lipinski definition) is 1. The highest BCUT2D eigenvalue weighted by Gasteiger charge is 2.21. The number of aryl methyl sites for hydroxylation is 1. The van der Waals surface area contributed by atoms with E-state index in [1.54, 1.807) is 25.4 Å². The van der Waals surface area contributed by atoms with Crippen LogP contribution in [0.3, 0.4) is 0 Å². The van der Waals surface area contributed by atoms with Crippen molar-refractivity contribution in [3.05, 3.63) is 21.4 Å². The molecule has 120 valence electrons. The molecule has 0 radical (unpaired) electrons. The molecule has 1 aliphatic rings. The molecule has 0 unspecified atom stereocenters. The van der Waals surface area contributed by atoms with Gasteiger partial charge in [0.1, 0.15) is 0 Å². The molecule has 2 amide bonds. The smallest absolute Gasteiger partial charge is 0.339 e. The lowest BCUT2D eigenvalue weighted by atomic mass is 9.96. The number of nitrogens with zero attached hydrogens (tertiary/aromatic N) is 1.